The van der Waals surface area contributed by atoms with Gasteiger partial charge in [0.15, 0.2) is 0 Å². The molecule has 0 spiro atoms. The van der Waals surface area contributed by atoms with Gasteiger partial charge in [-0.3, -0.25) is 19.6 Å². The first-order valence-electron chi connectivity index (χ1n) is 10.1. The molecule has 0 N–H and O–H groups in total. The molecule has 2 rings (SSSR count). The van der Waals surface area contributed by atoms with E-state index in [-0.39, 0.29) is 0 Å². The fourth-order valence-corrected chi connectivity index (χ4v) is 4.35. The number of piperazine rings is 2. The van der Waals surface area contributed by atoms with E-state index in [4.69, 9.17) is 0 Å². The summed E-state index contributed by atoms with van der Waals surface area (Å²) < 4.78 is 0. The highest BCUT2D eigenvalue weighted by atomic mass is 15.3. The summed E-state index contributed by atoms with van der Waals surface area (Å²) in [4.78, 5) is 10.5. The third-order valence-corrected chi connectivity index (χ3v) is 6.15. The maximum Gasteiger partial charge on any atom is 0.0198 e. The molecule has 2 aliphatic heterocycles. The lowest BCUT2D eigenvalue weighted by Gasteiger charge is -2.44. The van der Waals surface area contributed by atoms with Crippen LogP contribution in [0, 0.1) is 0 Å². The van der Waals surface area contributed by atoms with Gasteiger partial charge in [0.2, 0.25) is 0 Å². The smallest absolute Gasteiger partial charge is 0.0198 e. The highest BCUT2D eigenvalue weighted by molar-refractivity contribution is 4.94. The Morgan fingerprint density at radius 3 is 1.21 bits per heavy atom. The molecular weight excluding hydrogens is 296 g/mol. The Morgan fingerprint density at radius 2 is 0.875 bits per heavy atom. The van der Waals surface area contributed by atoms with Crippen molar-refractivity contribution in [2.45, 2.75) is 65.7 Å². The number of likely N-dealkylation sites (N-methyl/N-ethyl adjacent to an activating group) is 2. The average Bonchev–Trinajstić information content (AvgIpc) is 2.56. The molecular formula is C20H40N4. The highest BCUT2D eigenvalue weighted by Gasteiger charge is 2.28. The zero-order valence-corrected chi connectivity index (χ0v) is 16.9. The molecule has 0 aromatic carbocycles. The van der Waals surface area contributed by atoms with Crippen LogP contribution in [0.25, 0.3) is 0 Å². The van der Waals surface area contributed by atoms with Gasteiger partial charge < -0.3 is 0 Å². The predicted molar refractivity (Wildman–Crippen MR) is 105 cm³/mol. The second kappa shape index (κ2) is 9.33. The van der Waals surface area contributed by atoms with Crippen molar-refractivity contribution in [3.05, 3.63) is 12.2 Å². The lowest BCUT2D eigenvalue weighted by molar-refractivity contribution is 0.0520. The standard InChI is InChI=1S/C20H40N4/c1-7-21-13-19(5)23(15-17(21)3)11-9-10-12-24-16-18(4)22(8-2)14-20(24)6/h9-10,17-20H,7-8,11-16H2,1-6H3/b10-9+/t17-,18-,19-,20-/m0/s1. The molecule has 0 amide bonds. The first kappa shape index (κ1) is 19.9. The van der Waals surface area contributed by atoms with E-state index in [1.165, 1.54) is 39.3 Å². The van der Waals surface area contributed by atoms with E-state index in [0.717, 1.165) is 13.1 Å². The van der Waals surface area contributed by atoms with Crippen molar-refractivity contribution in [2.75, 3.05) is 52.4 Å². The molecule has 0 aromatic rings. The summed E-state index contributed by atoms with van der Waals surface area (Å²) in [6, 6.07) is 2.70. The van der Waals surface area contributed by atoms with Crippen molar-refractivity contribution in [3.63, 3.8) is 0 Å². The molecule has 0 saturated carbocycles. The minimum Gasteiger partial charge on any atom is -0.298 e. The molecule has 0 unspecified atom stereocenters. The Hall–Kier alpha value is -0.420. The molecule has 2 heterocycles. The van der Waals surface area contributed by atoms with Gasteiger partial charge in [-0.05, 0) is 40.8 Å². The summed E-state index contributed by atoms with van der Waals surface area (Å²) in [7, 11) is 0. The first-order valence-corrected chi connectivity index (χ1v) is 10.1. The van der Waals surface area contributed by atoms with Crippen LogP contribution in [-0.4, -0.2) is 96.1 Å². The molecule has 0 radical (unpaired) electrons. The van der Waals surface area contributed by atoms with E-state index in [1.54, 1.807) is 0 Å². The van der Waals surface area contributed by atoms with Crippen molar-refractivity contribution in [2.24, 2.45) is 0 Å². The number of nitrogens with zero attached hydrogens (tertiary/aromatic N) is 4. The molecule has 0 aliphatic carbocycles. The molecule has 2 fully saturated rings. The summed E-state index contributed by atoms with van der Waals surface area (Å²) >= 11 is 0. The lowest BCUT2D eigenvalue weighted by Crippen LogP contribution is -2.56. The zero-order chi connectivity index (χ0) is 17.7. The highest BCUT2D eigenvalue weighted by Crippen LogP contribution is 2.16. The van der Waals surface area contributed by atoms with Crippen molar-refractivity contribution in [1.29, 1.82) is 0 Å². The molecule has 2 aliphatic rings. The second-order valence-electron chi connectivity index (χ2n) is 7.95. The molecule has 0 aromatic heterocycles. The average molecular weight is 337 g/mol. The van der Waals surface area contributed by atoms with Gasteiger partial charge in [0.1, 0.15) is 0 Å². The van der Waals surface area contributed by atoms with Crippen molar-refractivity contribution < 1.29 is 0 Å². The maximum atomic E-state index is 2.63. The van der Waals surface area contributed by atoms with Gasteiger partial charge in [0, 0.05) is 63.4 Å². The summed E-state index contributed by atoms with van der Waals surface area (Å²) in [5, 5.41) is 0. The first-order chi connectivity index (χ1) is 11.5. The fourth-order valence-electron chi connectivity index (χ4n) is 4.35. The van der Waals surface area contributed by atoms with Crippen LogP contribution in [0.5, 0.6) is 0 Å². The van der Waals surface area contributed by atoms with E-state index in [2.05, 4.69) is 73.3 Å². The summed E-state index contributed by atoms with van der Waals surface area (Å²) in [5.41, 5.74) is 0. The Kier molecular flexibility index (Phi) is 7.73. The van der Waals surface area contributed by atoms with E-state index in [0.29, 0.717) is 24.2 Å². The third-order valence-electron chi connectivity index (χ3n) is 6.15. The van der Waals surface area contributed by atoms with Gasteiger partial charge in [0.05, 0.1) is 0 Å². The maximum absolute atomic E-state index is 2.63. The molecule has 4 nitrogen and oxygen atoms in total. The van der Waals surface area contributed by atoms with Crippen LogP contribution in [0.4, 0.5) is 0 Å². The zero-order valence-electron chi connectivity index (χ0n) is 16.9. The SMILES string of the molecule is CCN1C[C@H](C)N(C/C=C/CN2C[C@H](C)N(CC)C[C@@H]2C)C[C@@H]1C. The van der Waals surface area contributed by atoms with Crippen LogP contribution in [0.15, 0.2) is 12.2 Å². The number of rotatable bonds is 6. The molecule has 4 heteroatoms. The Bertz CT molecular complexity index is 361. The summed E-state index contributed by atoms with van der Waals surface area (Å²) in [6.45, 7) is 23.4. The summed E-state index contributed by atoms with van der Waals surface area (Å²) in [6.07, 6.45) is 4.79. The van der Waals surface area contributed by atoms with Crippen molar-refractivity contribution in [1.82, 2.24) is 19.6 Å². The predicted octanol–water partition coefficient (Wildman–Crippen LogP) is 2.37. The van der Waals surface area contributed by atoms with Crippen LogP contribution >= 0.6 is 0 Å². The largest absolute Gasteiger partial charge is 0.298 e. The monoisotopic (exact) mass is 336 g/mol. The molecule has 2 saturated heterocycles. The summed E-state index contributed by atoms with van der Waals surface area (Å²) in [5.74, 6) is 0. The number of hydrogen-bond acceptors (Lipinski definition) is 4. The van der Waals surface area contributed by atoms with Crippen LogP contribution in [0.1, 0.15) is 41.5 Å². The normalized spacial score (nSPS) is 35.1. The van der Waals surface area contributed by atoms with E-state index >= 15 is 0 Å². The van der Waals surface area contributed by atoms with Crippen molar-refractivity contribution in [3.8, 4) is 0 Å². The van der Waals surface area contributed by atoms with Gasteiger partial charge in [0.25, 0.3) is 0 Å². The van der Waals surface area contributed by atoms with Crippen LogP contribution < -0.4 is 0 Å². The minimum absolute atomic E-state index is 0.665. The van der Waals surface area contributed by atoms with E-state index in [9.17, 15) is 0 Å². The van der Waals surface area contributed by atoms with E-state index < -0.39 is 0 Å². The topological polar surface area (TPSA) is 13.0 Å². The third kappa shape index (κ3) is 5.04. The van der Waals surface area contributed by atoms with E-state index in [1.807, 2.05) is 0 Å². The van der Waals surface area contributed by atoms with Gasteiger partial charge in [-0.2, -0.15) is 0 Å². The van der Waals surface area contributed by atoms with Crippen LogP contribution in [0.3, 0.4) is 0 Å². The lowest BCUT2D eigenvalue weighted by atomic mass is 10.1. The Labute approximate surface area is 150 Å². The molecule has 4 atom stereocenters. The minimum atomic E-state index is 0.665. The van der Waals surface area contributed by atoms with Gasteiger partial charge in [-0.1, -0.05) is 26.0 Å². The van der Waals surface area contributed by atoms with Crippen molar-refractivity contribution >= 4 is 0 Å². The van der Waals surface area contributed by atoms with Gasteiger partial charge in [-0.25, -0.2) is 0 Å². The van der Waals surface area contributed by atoms with Gasteiger partial charge >= 0.3 is 0 Å². The second-order valence-corrected chi connectivity index (χ2v) is 7.95. The number of hydrogen-bond donors (Lipinski definition) is 0. The quantitative estimate of drug-likeness (QED) is 0.690. The Morgan fingerprint density at radius 1 is 0.583 bits per heavy atom. The van der Waals surface area contributed by atoms with Crippen LogP contribution in [0.2, 0.25) is 0 Å². The van der Waals surface area contributed by atoms with Crippen LogP contribution in [-0.2, 0) is 0 Å². The molecule has 140 valence electrons. The van der Waals surface area contributed by atoms with Gasteiger partial charge in [-0.15, -0.1) is 0 Å². The molecule has 24 heavy (non-hydrogen) atoms. The Balaban J connectivity index is 1.76. The molecule has 0 bridgehead atoms. The fraction of sp³-hybridized carbons (Fsp3) is 0.900.